The van der Waals surface area contributed by atoms with Crippen molar-refractivity contribution in [2.24, 2.45) is 17.3 Å². The first-order valence-corrected chi connectivity index (χ1v) is 8.26. The minimum atomic E-state index is -0.137. The van der Waals surface area contributed by atoms with Crippen LogP contribution in [0.5, 0.6) is 5.75 Å². The Morgan fingerprint density at radius 3 is 2.90 bits per heavy atom. The number of phenolic OH excluding ortho intramolecular Hbond substituents is 1. The fraction of sp³-hybridized carbons (Fsp3) is 0.667. The lowest BCUT2D eigenvalue weighted by Crippen LogP contribution is -2.45. The van der Waals surface area contributed by atoms with Crippen LogP contribution in [0.25, 0.3) is 0 Å². The van der Waals surface area contributed by atoms with Crippen molar-refractivity contribution in [2.45, 2.75) is 56.8 Å². The van der Waals surface area contributed by atoms with Gasteiger partial charge >= 0.3 is 0 Å². The van der Waals surface area contributed by atoms with E-state index in [0.717, 1.165) is 25.7 Å². The zero-order valence-corrected chi connectivity index (χ0v) is 12.3. The molecule has 0 bridgehead atoms. The van der Waals surface area contributed by atoms with Gasteiger partial charge in [0.2, 0.25) is 0 Å². The molecule has 1 saturated heterocycles. The quantitative estimate of drug-likeness (QED) is 0.720. The number of aromatic hydroxyl groups is 1. The lowest BCUT2D eigenvalue weighted by molar-refractivity contribution is -0.0257. The van der Waals surface area contributed by atoms with Crippen LogP contribution in [0.1, 0.15) is 55.8 Å². The molecule has 1 aliphatic heterocycles. The highest BCUT2D eigenvalue weighted by Gasteiger charge is 2.63. The zero-order chi connectivity index (χ0) is 14.4. The molecular formula is C18H22O3. The SMILES string of the molecule is C[C@]12CCC3c4ccc(O)cc4[C@H]4O[C@H]4C3C1CC[C@@H]2O. The van der Waals surface area contributed by atoms with Crippen LogP contribution < -0.4 is 0 Å². The van der Waals surface area contributed by atoms with Crippen LogP contribution in [0.2, 0.25) is 0 Å². The summed E-state index contributed by atoms with van der Waals surface area (Å²) in [7, 11) is 0. The molecule has 1 heterocycles. The first-order valence-electron chi connectivity index (χ1n) is 8.26. The van der Waals surface area contributed by atoms with Crippen molar-refractivity contribution < 1.29 is 14.9 Å². The van der Waals surface area contributed by atoms with Gasteiger partial charge in [0.05, 0.1) is 12.2 Å². The molecule has 0 spiro atoms. The van der Waals surface area contributed by atoms with Crippen LogP contribution in [-0.4, -0.2) is 22.4 Å². The van der Waals surface area contributed by atoms with Crippen LogP contribution in [0.4, 0.5) is 0 Å². The number of hydrogen-bond acceptors (Lipinski definition) is 3. The predicted molar refractivity (Wildman–Crippen MR) is 78.0 cm³/mol. The molecule has 3 fully saturated rings. The number of epoxide rings is 1. The summed E-state index contributed by atoms with van der Waals surface area (Å²) in [6.07, 6.45) is 4.70. The molecule has 5 rings (SSSR count). The van der Waals surface area contributed by atoms with Gasteiger partial charge in [0, 0.05) is 0 Å². The van der Waals surface area contributed by atoms with Crippen molar-refractivity contribution in [3.63, 3.8) is 0 Å². The van der Waals surface area contributed by atoms with Crippen LogP contribution in [0.3, 0.4) is 0 Å². The fourth-order valence-corrected chi connectivity index (χ4v) is 5.80. The summed E-state index contributed by atoms with van der Waals surface area (Å²) in [5, 5.41) is 20.2. The van der Waals surface area contributed by atoms with E-state index < -0.39 is 0 Å². The van der Waals surface area contributed by atoms with Crippen LogP contribution >= 0.6 is 0 Å². The van der Waals surface area contributed by atoms with Crippen molar-refractivity contribution in [3.8, 4) is 5.75 Å². The average Bonchev–Trinajstić information content (AvgIpc) is 3.20. The van der Waals surface area contributed by atoms with Gasteiger partial charge in [-0.15, -0.1) is 0 Å². The Kier molecular flexibility index (Phi) is 2.27. The van der Waals surface area contributed by atoms with Crippen molar-refractivity contribution in [1.82, 2.24) is 0 Å². The lowest BCUT2D eigenvalue weighted by Gasteiger charge is -2.48. The summed E-state index contributed by atoms with van der Waals surface area (Å²) in [6.45, 7) is 2.29. The van der Waals surface area contributed by atoms with E-state index >= 15 is 0 Å². The highest BCUT2D eigenvalue weighted by atomic mass is 16.6. The molecule has 2 N–H and O–H groups in total. The maximum absolute atomic E-state index is 10.4. The van der Waals surface area contributed by atoms with Gasteiger partial charge in [-0.2, -0.15) is 0 Å². The second-order valence-electron chi connectivity index (χ2n) is 7.76. The molecule has 3 heteroatoms. The second kappa shape index (κ2) is 3.82. The molecule has 3 unspecified atom stereocenters. The fourth-order valence-electron chi connectivity index (χ4n) is 5.80. The van der Waals surface area contributed by atoms with Crippen molar-refractivity contribution in [1.29, 1.82) is 0 Å². The highest BCUT2D eigenvalue weighted by molar-refractivity contribution is 5.45. The van der Waals surface area contributed by atoms with E-state index in [9.17, 15) is 10.2 Å². The van der Waals surface area contributed by atoms with Crippen LogP contribution in [0.15, 0.2) is 18.2 Å². The molecule has 0 radical (unpaired) electrons. The van der Waals surface area contributed by atoms with E-state index in [0.29, 0.717) is 29.6 Å². The molecule has 3 nitrogen and oxygen atoms in total. The Labute approximate surface area is 124 Å². The normalized spacial score (nSPS) is 49.8. The summed E-state index contributed by atoms with van der Waals surface area (Å²) < 4.78 is 6.02. The standard InChI is InChI=1S/C18H22O3/c1-18-7-6-11-10-3-2-9(19)8-12(10)16-17(21-16)15(11)13(18)4-5-14(18)20/h2-3,8,11,13-17,19-20H,4-7H2,1H3/t11?,13?,14-,15?,16+,17-,18-/m0/s1. The van der Waals surface area contributed by atoms with Crippen molar-refractivity contribution in [3.05, 3.63) is 29.3 Å². The molecule has 112 valence electrons. The third-order valence-corrected chi connectivity index (χ3v) is 6.96. The Hall–Kier alpha value is -1.06. The Balaban J connectivity index is 1.60. The number of phenols is 1. The monoisotopic (exact) mass is 286 g/mol. The molecule has 3 aliphatic carbocycles. The molecule has 2 saturated carbocycles. The third kappa shape index (κ3) is 1.46. The Bertz CT molecular complexity index is 612. The molecule has 0 aromatic heterocycles. The molecule has 1 aromatic carbocycles. The Morgan fingerprint density at radius 2 is 2.05 bits per heavy atom. The highest BCUT2D eigenvalue weighted by Crippen LogP contribution is 2.67. The van der Waals surface area contributed by atoms with Crippen LogP contribution in [-0.2, 0) is 4.74 Å². The summed E-state index contributed by atoms with van der Waals surface area (Å²) >= 11 is 0. The summed E-state index contributed by atoms with van der Waals surface area (Å²) in [5.74, 6) is 2.04. The molecule has 0 amide bonds. The van der Waals surface area contributed by atoms with E-state index in [1.165, 1.54) is 11.1 Å². The van der Waals surface area contributed by atoms with Gasteiger partial charge in [0.15, 0.2) is 0 Å². The Morgan fingerprint density at radius 1 is 1.19 bits per heavy atom. The van der Waals surface area contributed by atoms with Gasteiger partial charge in [0.25, 0.3) is 0 Å². The molecule has 1 aromatic rings. The second-order valence-corrected chi connectivity index (χ2v) is 7.76. The molecular weight excluding hydrogens is 264 g/mol. The summed E-state index contributed by atoms with van der Waals surface area (Å²) in [5.41, 5.74) is 2.69. The van der Waals surface area contributed by atoms with Crippen molar-refractivity contribution in [2.75, 3.05) is 0 Å². The summed E-state index contributed by atoms with van der Waals surface area (Å²) in [6, 6.07) is 5.82. The lowest BCUT2D eigenvalue weighted by atomic mass is 9.55. The van der Waals surface area contributed by atoms with Gasteiger partial charge < -0.3 is 14.9 Å². The number of hydrogen-bond donors (Lipinski definition) is 2. The number of ether oxygens (including phenoxy) is 1. The van der Waals surface area contributed by atoms with Crippen molar-refractivity contribution >= 4 is 0 Å². The predicted octanol–water partition coefficient (Wildman–Crippen LogP) is 3.12. The van der Waals surface area contributed by atoms with E-state index in [2.05, 4.69) is 13.0 Å². The van der Waals surface area contributed by atoms with Gasteiger partial charge in [0.1, 0.15) is 11.9 Å². The third-order valence-electron chi connectivity index (χ3n) is 6.96. The first kappa shape index (κ1) is 12.5. The number of aliphatic hydroxyl groups is 1. The van der Waals surface area contributed by atoms with Gasteiger partial charge in [-0.05, 0) is 72.1 Å². The largest absolute Gasteiger partial charge is 0.508 e. The molecule has 4 aliphatic rings. The van der Waals surface area contributed by atoms with E-state index in [1.807, 2.05) is 12.1 Å². The van der Waals surface area contributed by atoms with Gasteiger partial charge in [-0.3, -0.25) is 0 Å². The molecule has 7 atom stereocenters. The maximum Gasteiger partial charge on any atom is 0.115 e. The first-order chi connectivity index (χ1) is 10.1. The van der Waals surface area contributed by atoms with E-state index in [-0.39, 0.29) is 17.6 Å². The summed E-state index contributed by atoms with van der Waals surface area (Å²) in [4.78, 5) is 0. The van der Waals surface area contributed by atoms with Gasteiger partial charge in [-0.1, -0.05) is 13.0 Å². The topological polar surface area (TPSA) is 53.0 Å². The minimum absolute atomic E-state index is 0.0894. The number of rotatable bonds is 0. The average molecular weight is 286 g/mol. The smallest absolute Gasteiger partial charge is 0.115 e. The van der Waals surface area contributed by atoms with E-state index in [1.54, 1.807) is 0 Å². The number of aliphatic hydroxyl groups excluding tert-OH is 1. The van der Waals surface area contributed by atoms with Crippen LogP contribution in [0, 0.1) is 17.3 Å². The maximum atomic E-state index is 10.4. The number of fused-ring (bicyclic) bond motifs is 8. The van der Waals surface area contributed by atoms with Gasteiger partial charge in [-0.25, -0.2) is 0 Å². The zero-order valence-electron chi connectivity index (χ0n) is 12.3. The van der Waals surface area contributed by atoms with E-state index in [4.69, 9.17) is 4.74 Å². The molecule has 21 heavy (non-hydrogen) atoms. The minimum Gasteiger partial charge on any atom is -0.508 e. The number of benzene rings is 1.